The normalized spacial score (nSPS) is 18.1. The van der Waals surface area contributed by atoms with E-state index in [2.05, 4.69) is 10.6 Å². The third-order valence-electron chi connectivity index (χ3n) is 6.25. The monoisotopic (exact) mass is 503 g/mol. The number of carbonyl (C=O) groups is 3. The Morgan fingerprint density at radius 3 is 2.65 bits per heavy atom. The molecule has 1 aromatic carbocycles. The summed E-state index contributed by atoms with van der Waals surface area (Å²) in [5.74, 6) is -0.794. The largest absolute Gasteiger partial charge is 0.466 e. The zero-order chi connectivity index (χ0) is 24.1. The van der Waals surface area contributed by atoms with Crippen molar-refractivity contribution in [3.05, 3.63) is 45.3 Å². The number of hydrogen-bond donors (Lipinski definition) is 2. The number of nitrogens with one attached hydrogen (secondary N) is 2. The van der Waals surface area contributed by atoms with Crippen molar-refractivity contribution in [1.29, 1.82) is 0 Å². The highest BCUT2D eigenvalue weighted by atomic mass is 35.5. The Labute approximate surface area is 208 Å². The van der Waals surface area contributed by atoms with Crippen LogP contribution in [0.5, 0.6) is 0 Å². The molecule has 34 heavy (non-hydrogen) atoms. The van der Waals surface area contributed by atoms with E-state index in [-0.39, 0.29) is 30.2 Å². The summed E-state index contributed by atoms with van der Waals surface area (Å²) in [6.07, 6.45) is 5.49. The molecule has 2 aromatic rings. The Kier molecular flexibility index (Phi) is 8.24. The average molecular weight is 504 g/mol. The molecule has 0 spiro atoms. The molecule has 0 bridgehead atoms. The zero-order valence-electron chi connectivity index (χ0n) is 19.3. The minimum Gasteiger partial charge on any atom is -0.466 e. The van der Waals surface area contributed by atoms with E-state index in [1.54, 1.807) is 31.2 Å². The number of esters is 1. The number of halogens is 1. The molecule has 0 saturated carbocycles. The number of aryl methyl sites for hydroxylation is 1. The Hall–Kier alpha value is -2.42. The molecule has 1 fully saturated rings. The van der Waals surface area contributed by atoms with E-state index >= 15 is 0 Å². The van der Waals surface area contributed by atoms with Crippen molar-refractivity contribution in [3.8, 4) is 0 Å². The van der Waals surface area contributed by atoms with Crippen LogP contribution in [-0.2, 0) is 27.2 Å². The molecule has 2 N–H and O–H groups in total. The molecule has 1 aliphatic carbocycles. The highest BCUT2D eigenvalue weighted by molar-refractivity contribution is 7.17. The summed E-state index contributed by atoms with van der Waals surface area (Å²) in [4.78, 5) is 41.5. The van der Waals surface area contributed by atoms with Crippen LogP contribution in [0.3, 0.4) is 0 Å². The summed E-state index contributed by atoms with van der Waals surface area (Å²) in [5, 5.41) is 7.14. The molecule has 2 amide bonds. The summed E-state index contributed by atoms with van der Waals surface area (Å²) >= 11 is 7.46. The van der Waals surface area contributed by atoms with Crippen LogP contribution >= 0.6 is 22.9 Å². The fraction of sp³-hybridized carbons (Fsp3) is 0.480. The Balaban J connectivity index is 1.46. The minimum absolute atomic E-state index is 0.177. The first-order valence-electron chi connectivity index (χ1n) is 11.8. The molecule has 1 atom stereocenters. The highest BCUT2D eigenvalue weighted by Gasteiger charge is 2.29. The van der Waals surface area contributed by atoms with Crippen LogP contribution in [0.2, 0.25) is 5.02 Å². The standard InChI is InChI=1S/C25H30ClN3O4S/c1-2-33-25(32)16-6-5-13-29(14-16)15-21(30)28-24-22(19-7-3-4-8-20(19)34-24)23(31)27-18-11-9-17(26)10-12-18/h9-12,16H,2-8,13-15H2,1H3,(H,27,31)(H,28,30)/t16-/m0/s1. The van der Waals surface area contributed by atoms with Crippen molar-refractivity contribution in [2.24, 2.45) is 5.92 Å². The molecule has 9 heteroatoms. The van der Waals surface area contributed by atoms with Gasteiger partial charge in [0.2, 0.25) is 5.91 Å². The van der Waals surface area contributed by atoms with Gasteiger partial charge in [0.1, 0.15) is 5.00 Å². The summed E-state index contributed by atoms with van der Waals surface area (Å²) in [6, 6.07) is 6.97. The van der Waals surface area contributed by atoms with Crippen molar-refractivity contribution in [2.45, 2.75) is 45.4 Å². The molecule has 1 saturated heterocycles. The van der Waals surface area contributed by atoms with Gasteiger partial charge in [-0.15, -0.1) is 11.3 Å². The predicted molar refractivity (Wildman–Crippen MR) is 135 cm³/mol. The van der Waals surface area contributed by atoms with Gasteiger partial charge in [-0.3, -0.25) is 19.3 Å². The van der Waals surface area contributed by atoms with Crippen LogP contribution in [0.15, 0.2) is 24.3 Å². The first-order chi connectivity index (χ1) is 16.4. The van der Waals surface area contributed by atoms with Gasteiger partial charge in [0.15, 0.2) is 0 Å². The molecule has 2 heterocycles. The molecular formula is C25H30ClN3O4S. The number of thiophene rings is 1. The summed E-state index contributed by atoms with van der Waals surface area (Å²) in [6.45, 7) is 3.61. The lowest BCUT2D eigenvalue weighted by Crippen LogP contribution is -2.43. The van der Waals surface area contributed by atoms with Gasteiger partial charge >= 0.3 is 5.97 Å². The van der Waals surface area contributed by atoms with E-state index in [1.165, 1.54) is 16.2 Å². The number of fused-ring (bicyclic) bond motifs is 1. The van der Waals surface area contributed by atoms with Crippen LogP contribution in [0.1, 0.15) is 53.4 Å². The summed E-state index contributed by atoms with van der Waals surface area (Å²) < 4.78 is 5.16. The van der Waals surface area contributed by atoms with Crippen molar-refractivity contribution in [1.82, 2.24) is 4.90 Å². The van der Waals surface area contributed by atoms with E-state index in [0.29, 0.717) is 34.4 Å². The molecule has 0 unspecified atom stereocenters. The fourth-order valence-corrected chi connectivity index (χ4v) is 6.07. The lowest BCUT2D eigenvalue weighted by molar-refractivity contribution is -0.150. The van der Waals surface area contributed by atoms with Crippen LogP contribution in [0, 0.1) is 5.92 Å². The van der Waals surface area contributed by atoms with Crippen molar-refractivity contribution in [3.63, 3.8) is 0 Å². The molecule has 182 valence electrons. The number of amides is 2. The lowest BCUT2D eigenvalue weighted by atomic mass is 9.95. The maximum absolute atomic E-state index is 13.3. The van der Waals surface area contributed by atoms with Gasteiger partial charge in [-0.25, -0.2) is 0 Å². The van der Waals surface area contributed by atoms with Crippen molar-refractivity contribution >= 4 is 51.4 Å². The van der Waals surface area contributed by atoms with E-state index in [9.17, 15) is 14.4 Å². The van der Waals surface area contributed by atoms with Crippen molar-refractivity contribution < 1.29 is 19.1 Å². The van der Waals surface area contributed by atoms with Gasteiger partial charge in [-0.2, -0.15) is 0 Å². The number of piperidine rings is 1. The molecule has 0 radical (unpaired) electrons. The van der Waals surface area contributed by atoms with Gasteiger partial charge in [0, 0.05) is 22.1 Å². The highest BCUT2D eigenvalue weighted by Crippen LogP contribution is 2.38. The summed E-state index contributed by atoms with van der Waals surface area (Å²) in [5.41, 5.74) is 2.25. The van der Waals surface area contributed by atoms with Gasteiger partial charge in [0.25, 0.3) is 5.91 Å². The van der Waals surface area contributed by atoms with Crippen molar-refractivity contribution in [2.75, 3.05) is 36.9 Å². The van der Waals surface area contributed by atoms with Crippen LogP contribution in [-0.4, -0.2) is 48.9 Å². The minimum atomic E-state index is -0.225. The second-order valence-electron chi connectivity index (χ2n) is 8.75. The number of carbonyl (C=O) groups excluding carboxylic acids is 3. The smallest absolute Gasteiger partial charge is 0.310 e. The Morgan fingerprint density at radius 1 is 1.12 bits per heavy atom. The number of benzene rings is 1. The maximum Gasteiger partial charge on any atom is 0.310 e. The SMILES string of the molecule is CCOC(=O)[C@H]1CCCN(CC(=O)Nc2sc3c(c2C(=O)Nc2ccc(Cl)cc2)CCCC3)C1. The van der Waals surface area contributed by atoms with E-state index in [1.807, 2.05) is 4.90 Å². The van der Waals surface area contributed by atoms with Crippen LogP contribution in [0.25, 0.3) is 0 Å². The summed E-state index contributed by atoms with van der Waals surface area (Å²) in [7, 11) is 0. The van der Waals surface area contributed by atoms with Crippen LogP contribution in [0.4, 0.5) is 10.7 Å². The van der Waals surface area contributed by atoms with Gasteiger partial charge in [-0.1, -0.05) is 11.6 Å². The van der Waals surface area contributed by atoms with Gasteiger partial charge in [-0.05, 0) is 81.8 Å². The number of ether oxygens (including phenoxy) is 1. The number of hydrogen-bond acceptors (Lipinski definition) is 6. The predicted octanol–water partition coefficient (Wildman–Crippen LogP) is 4.75. The molecule has 4 rings (SSSR count). The molecule has 1 aromatic heterocycles. The number of likely N-dealkylation sites (tertiary alicyclic amines) is 1. The number of nitrogens with zero attached hydrogens (tertiary/aromatic N) is 1. The third-order valence-corrected chi connectivity index (χ3v) is 7.71. The van der Waals surface area contributed by atoms with Crippen LogP contribution < -0.4 is 10.6 Å². The van der Waals surface area contributed by atoms with E-state index < -0.39 is 0 Å². The lowest BCUT2D eigenvalue weighted by Gasteiger charge is -2.30. The zero-order valence-corrected chi connectivity index (χ0v) is 20.9. The first-order valence-corrected chi connectivity index (χ1v) is 13.0. The van der Waals surface area contributed by atoms with E-state index in [4.69, 9.17) is 16.3 Å². The topological polar surface area (TPSA) is 87.7 Å². The fourth-order valence-electron chi connectivity index (χ4n) is 4.64. The average Bonchev–Trinajstić information content (AvgIpc) is 3.18. The molecule has 2 aliphatic rings. The first kappa shape index (κ1) is 24.7. The number of anilines is 2. The van der Waals surface area contributed by atoms with E-state index in [0.717, 1.165) is 50.6 Å². The molecule has 1 aliphatic heterocycles. The number of rotatable bonds is 7. The molecule has 7 nitrogen and oxygen atoms in total. The molecular weight excluding hydrogens is 474 g/mol. The quantitative estimate of drug-likeness (QED) is 0.532. The second-order valence-corrected chi connectivity index (χ2v) is 10.3. The maximum atomic E-state index is 13.3. The van der Waals surface area contributed by atoms with Gasteiger partial charge < -0.3 is 15.4 Å². The Bertz CT molecular complexity index is 1050. The van der Waals surface area contributed by atoms with Gasteiger partial charge in [0.05, 0.1) is 24.6 Å². The second kappa shape index (κ2) is 11.3. The third kappa shape index (κ3) is 5.98. The Morgan fingerprint density at radius 2 is 1.88 bits per heavy atom.